The molecule has 0 saturated heterocycles. The number of anilines is 1. The third-order valence-corrected chi connectivity index (χ3v) is 2.61. The first-order valence-corrected chi connectivity index (χ1v) is 5.51. The lowest BCUT2D eigenvalue weighted by atomic mass is 10.2. The Morgan fingerprint density at radius 1 is 1.33 bits per heavy atom. The van der Waals surface area contributed by atoms with Crippen molar-refractivity contribution < 1.29 is 4.39 Å². The van der Waals surface area contributed by atoms with E-state index < -0.39 is 0 Å². The van der Waals surface area contributed by atoms with E-state index in [-0.39, 0.29) is 5.82 Å². The van der Waals surface area contributed by atoms with Crippen molar-refractivity contribution in [3.8, 4) is 6.07 Å². The molecule has 0 radical (unpaired) electrons. The van der Waals surface area contributed by atoms with E-state index in [9.17, 15) is 4.39 Å². The fourth-order valence-corrected chi connectivity index (χ4v) is 1.79. The highest BCUT2D eigenvalue weighted by atomic mass is 19.1. The summed E-state index contributed by atoms with van der Waals surface area (Å²) in [5, 5.41) is 8.98. The molecule has 1 aromatic carbocycles. The summed E-state index contributed by atoms with van der Waals surface area (Å²) in [6.07, 6.45) is 1.58. The maximum absolute atomic E-state index is 13.1. The second kappa shape index (κ2) is 5.28. The highest BCUT2D eigenvalue weighted by Crippen LogP contribution is 2.18. The van der Waals surface area contributed by atoms with Gasteiger partial charge in [-0.15, -0.1) is 0 Å². The van der Waals surface area contributed by atoms with Crippen LogP contribution in [-0.2, 0) is 6.54 Å². The van der Waals surface area contributed by atoms with Crippen LogP contribution >= 0.6 is 0 Å². The minimum Gasteiger partial charge on any atom is -0.368 e. The van der Waals surface area contributed by atoms with Crippen LogP contribution in [0.5, 0.6) is 0 Å². The Balaban J connectivity index is 2.22. The molecule has 2 aromatic rings. The molecule has 0 saturated carbocycles. The smallest absolute Gasteiger partial charge is 0.163 e. The number of hydrogen-bond acceptors (Lipinski definition) is 3. The van der Waals surface area contributed by atoms with Crippen molar-refractivity contribution in [3.05, 3.63) is 59.7 Å². The van der Waals surface area contributed by atoms with E-state index in [0.717, 1.165) is 11.3 Å². The van der Waals surface area contributed by atoms with Crippen LogP contribution in [0.25, 0.3) is 0 Å². The molecule has 0 atom stereocenters. The van der Waals surface area contributed by atoms with Crippen LogP contribution in [0.2, 0.25) is 0 Å². The molecule has 0 aliphatic rings. The number of nitrogens with zero attached hydrogens (tertiary/aromatic N) is 3. The zero-order valence-corrected chi connectivity index (χ0v) is 9.97. The van der Waals surface area contributed by atoms with Gasteiger partial charge < -0.3 is 4.90 Å². The molecule has 0 fully saturated rings. The molecular weight excluding hydrogens is 229 g/mol. The lowest BCUT2D eigenvalue weighted by Crippen LogP contribution is -2.18. The van der Waals surface area contributed by atoms with Crippen molar-refractivity contribution in [2.45, 2.75) is 6.54 Å². The number of rotatable bonds is 3. The van der Waals surface area contributed by atoms with Crippen molar-refractivity contribution in [1.29, 1.82) is 5.26 Å². The van der Waals surface area contributed by atoms with E-state index in [0.29, 0.717) is 12.2 Å². The van der Waals surface area contributed by atoms with E-state index in [2.05, 4.69) is 4.98 Å². The van der Waals surface area contributed by atoms with Gasteiger partial charge in [-0.1, -0.05) is 12.1 Å². The van der Waals surface area contributed by atoms with Crippen LogP contribution in [0.3, 0.4) is 0 Å². The van der Waals surface area contributed by atoms with Gasteiger partial charge in [-0.05, 0) is 29.8 Å². The summed E-state index contributed by atoms with van der Waals surface area (Å²) in [4.78, 5) is 5.88. The molecule has 0 spiro atoms. The summed E-state index contributed by atoms with van der Waals surface area (Å²) in [6.45, 7) is 0.526. The maximum Gasteiger partial charge on any atom is 0.163 e. The van der Waals surface area contributed by atoms with Gasteiger partial charge in [0.25, 0.3) is 0 Å². The standard InChI is InChI=1S/C14H12FN3/c1-18(10-11-4-2-5-12(15)8-11)14-6-3-7-17-13(14)9-16/h2-8H,10H2,1H3. The first kappa shape index (κ1) is 12.1. The number of pyridine rings is 1. The third-order valence-electron chi connectivity index (χ3n) is 2.61. The highest BCUT2D eigenvalue weighted by molar-refractivity contribution is 5.55. The predicted molar refractivity (Wildman–Crippen MR) is 67.5 cm³/mol. The molecule has 90 valence electrons. The zero-order valence-electron chi connectivity index (χ0n) is 9.97. The molecule has 1 aromatic heterocycles. The van der Waals surface area contributed by atoms with Crippen molar-refractivity contribution in [1.82, 2.24) is 4.98 Å². The van der Waals surface area contributed by atoms with E-state index in [4.69, 9.17) is 5.26 Å². The minimum absolute atomic E-state index is 0.257. The third kappa shape index (κ3) is 2.64. The average Bonchev–Trinajstić information content (AvgIpc) is 2.38. The number of aromatic nitrogens is 1. The Morgan fingerprint density at radius 2 is 2.17 bits per heavy atom. The van der Waals surface area contributed by atoms with Crippen LogP contribution in [0, 0.1) is 17.1 Å². The Kier molecular flexibility index (Phi) is 3.54. The fraction of sp³-hybridized carbons (Fsp3) is 0.143. The molecular formula is C14H12FN3. The summed E-state index contributed by atoms with van der Waals surface area (Å²) < 4.78 is 13.1. The Labute approximate surface area is 105 Å². The second-order valence-electron chi connectivity index (χ2n) is 3.97. The fourth-order valence-electron chi connectivity index (χ4n) is 1.79. The number of nitriles is 1. The number of hydrogen-bond donors (Lipinski definition) is 0. The maximum atomic E-state index is 13.1. The van der Waals surface area contributed by atoms with E-state index in [1.54, 1.807) is 18.3 Å². The molecule has 0 amide bonds. The Bertz CT molecular complexity index is 590. The molecule has 2 rings (SSSR count). The highest BCUT2D eigenvalue weighted by Gasteiger charge is 2.08. The monoisotopic (exact) mass is 241 g/mol. The quantitative estimate of drug-likeness (QED) is 0.829. The van der Waals surface area contributed by atoms with Crippen LogP contribution in [-0.4, -0.2) is 12.0 Å². The van der Waals surface area contributed by atoms with Gasteiger partial charge in [0.15, 0.2) is 5.69 Å². The van der Waals surface area contributed by atoms with Gasteiger partial charge in [-0.25, -0.2) is 9.37 Å². The summed E-state index contributed by atoms with van der Waals surface area (Å²) in [5.41, 5.74) is 1.96. The summed E-state index contributed by atoms with van der Waals surface area (Å²) in [5.74, 6) is -0.257. The van der Waals surface area contributed by atoms with Gasteiger partial charge >= 0.3 is 0 Å². The van der Waals surface area contributed by atoms with Gasteiger partial charge in [0.05, 0.1) is 5.69 Å². The van der Waals surface area contributed by atoms with Crippen molar-refractivity contribution in [2.75, 3.05) is 11.9 Å². The molecule has 0 aliphatic carbocycles. The average molecular weight is 241 g/mol. The van der Waals surface area contributed by atoms with Crippen LogP contribution < -0.4 is 4.90 Å². The topological polar surface area (TPSA) is 39.9 Å². The van der Waals surface area contributed by atoms with Gasteiger partial charge in [0, 0.05) is 19.8 Å². The predicted octanol–water partition coefficient (Wildman–Crippen LogP) is 2.73. The van der Waals surface area contributed by atoms with Crippen LogP contribution in [0.15, 0.2) is 42.6 Å². The lowest BCUT2D eigenvalue weighted by molar-refractivity contribution is 0.625. The molecule has 0 bridgehead atoms. The van der Waals surface area contributed by atoms with E-state index >= 15 is 0 Å². The van der Waals surface area contributed by atoms with E-state index in [1.807, 2.05) is 30.1 Å². The normalized spacial score (nSPS) is 9.83. The lowest BCUT2D eigenvalue weighted by Gasteiger charge is -2.19. The Hall–Kier alpha value is -2.41. The molecule has 0 aliphatic heterocycles. The Morgan fingerprint density at radius 3 is 2.89 bits per heavy atom. The van der Waals surface area contributed by atoms with E-state index in [1.165, 1.54) is 12.1 Å². The van der Waals surface area contributed by atoms with Crippen LogP contribution in [0.1, 0.15) is 11.3 Å². The first-order chi connectivity index (χ1) is 8.70. The first-order valence-electron chi connectivity index (χ1n) is 5.51. The molecule has 1 heterocycles. The zero-order chi connectivity index (χ0) is 13.0. The SMILES string of the molecule is CN(Cc1cccc(F)c1)c1cccnc1C#N. The second-order valence-corrected chi connectivity index (χ2v) is 3.97. The van der Waals surface area contributed by atoms with Gasteiger partial charge in [-0.3, -0.25) is 0 Å². The number of benzene rings is 1. The van der Waals surface area contributed by atoms with Gasteiger partial charge in [-0.2, -0.15) is 5.26 Å². The van der Waals surface area contributed by atoms with Crippen LogP contribution in [0.4, 0.5) is 10.1 Å². The van der Waals surface area contributed by atoms with Gasteiger partial charge in [0.1, 0.15) is 11.9 Å². The molecule has 18 heavy (non-hydrogen) atoms. The molecule has 3 nitrogen and oxygen atoms in total. The summed E-state index contributed by atoms with van der Waals surface area (Å²) in [6, 6.07) is 12.1. The largest absolute Gasteiger partial charge is 0.368 e. The molecule has 4 heteroatoms. The van der Waals surface area contributed by atoms with Gasteiger partial charge in [0.2, 0.25) is 0 Å². The number of halogens is 1. The molecule has 0 unspecified atom stereocenters. The summed E-state index contributed by atoms with van der Waals surface area (Å²) in [7, 11) is 1.85. The van der Waals surface area contributed by atoms with Crippen molar-refractivity contribution in [3.63, 3.8) is 0 Å². The van der Waals surface area contributed by atoms with Crippen molar-refractivity contribution >= 4 is 5.69 Å². The molecule has 0 N–H and O–H groups in total. The van der Waals surface area contributed by atoms with Crippen molar-refractivity contribution in [2.24, 2.45) is 0 Å². The summed E-state index contributed by atoms with van der Waals surface area (Å²) >= 11 is 0. The minimum atomic E-state index is -0.257.